The van der Waals surface area contributed by atoms with Crippen LogP contribution in [0.5, 0.6) is 0 Å². The summed E-state index contributed by atoms with van der Waals surface area (Å²) in [6, 6.07) is 1.48. The third-order valence-electron chi connectivity index (χ3n) is 3.88. The summed E-state index contributed by atoms with van der Waals surface area (Å²) in [7, 11) is 0. The molecule has 7 N–H and O–H groups in total. The van der Waals surface area contributed by atoms with Crippen LogP contribution in [0.2, 0.25) is 0 Å². The molecule has 0 aliphatic carbocycles. The van der Waals surface area contributed by atoms with Crippen LogP contribution in [0.4, 0.5) is 8.78 Å². The highest BCUT2D eigenvalue weighted by molar-refractivity contribution is 5.74. The molecule has 2 aromatic rings. The van der Waals surface area contributed by atoms with Crippen LogP contribution in [0.25, 0.3) is 11.0 Å². The Kier molecular flexibility index (Phi) is 6.34. The number of aromatic nitrogens is 2. The topological polar surface area (TPSA) is 167 Å². The van der Waals surface area contributed by atoms with Crippen LogP contribution in [-0.4, -0.2) is 77.7 Å². The van der Waals surface area contributed by atoms with Gasteiger partial charge in [-0.1, -0.05) is 0 Å². The summed E-state index contributed by atoms with van der Waals surface area (Å²) in [6.45, 7) is -0.894. The van der Waals surface area contributed by atoms with E-state index in [1.54, 1.807) is 0 Å². The van der Waals surface area contributed by atoms with Gasteiger partial charge in [-0.2, -0.15) is 0 Å². The molecular formula is C15H18F2N2O7. The van der Waals surface area contributed by atoms with Crippen molar-refractivity contribution in [2.24, 2.45) is 0 Å². The highest BCUT2D eigenvalue weighted by atomic mass is 19.2. The highest BCUT2D eigenvalue weighted by Gasteiger charge is 2.34. The molecule has 144 valence electrons. The molecule has 0 aliphatic rings. The monoisotopic (exact) mass is 376 g/mol. The number of nitrogens with one attached hydrogen (secondary N) is 1. The summed E-state index contributed by atoms with van der Waals surface area (Å²) < 4.78 is 26.4. The second-order valence-electron chi connectivity index (χ2n) is 5.79. The normalized spacial score (nSPS) is 17.7. The Balaban J connectivity index is 2.22. The van der Waals surface area contributed by atoms with E-state index in [0.717, 1.165) is 12.1 Å². The number of aliphatic hydroxyl groups excluding tert-OH is 6. The van der Waals surface area contributed by atoms with Gasteiger partial charge in [-0.3, -0.25) is 4.79 Å². The van der Waals surface area contributed by atoms with Crippen LogP contribution in [0.3, 0.4) is 0 Å². The Morgan fingerprint density at radius 3 is 2.15 bits per heavy atom. The maximum atomic E-state index is 13.3. The van der Waals surface area contributed by atoms with E-state index in [9.17, 15) is 39.1 Å². The van der Waals surface area contributed by atoms with E-state index in [1.165, 1.54) is 0 Å². The number of aliphatic hydroxyl groups is 6. The van der Waals surface area contributed by atoms with Gasteiger partial charge in [0.05, 0.1) is 23.7 Å². The molecule has 0 spiro atoms. The lowest BCUT2D eigenvalue weighted by Crippen LogP contribution is -2.50. The van der Waals surface area contributed by atoms with Gasteiger partial charge in [0, 0.05) is 18.6 Å². The number of H-pyrrole nitrogens is 1. The second kappa shape index (κ2) is 8.12. The first-order valence-corrected chi connectivity index (χ1v) is 7.54. The van der Waals surface area contributed by atoms with Gasteiger partial charge in [0.1, 0.15) is 30.1 Å². The zero-order valence-corrected chi connectivity index (χ0v) is 13.3. The Labute approximate surface area is 144 Å². The van der Waals surface area contributed by atoms with Gasteiger partial charge in [0.2, 0.25) is 0 Å². The van der Waals surface area contributed by atoms with Crippen LogP contribution in [0.15, 0.2) is 16.9 Å². The molecule has 0 amide bonds. The second-order valence-corrected chi connectivity index (χ2v) is 5.79. The van der Waals surface area contributed by atoms with Gasteiger partial charge < -0.3 is 35.6 Å². The summed E-state index contributed by atoms with van der Waals surface area (Å²) in [6.07, 6.45) is -10.1. The molecule has 1 aromatic carbocycles. The lowest BCUT2D eigenvalue weighted by molar-refractivity contribution is -0.139. The Hall–Kier alpha value is -2.02. The molecule has 26 heavy (non-hydrogen) atoms. The smallest absolute Gasteiger partial charge is 0.270 e. The van der Waals surface area contributed by atoms with Crippen LogP contribution in [0, 0.1) is 11.6 Å². The van der Waals surface area contributed by atoms with E-state index in [0.29, 0.717) is 0 Å². The summed E-state index contributed by atoms with van der Waals surface area (Å²) in [4.78, 5) is 18.0. The first kappa shape index (κ1) is 20.3. The fraction of sp³-hybridized carbons (Fsp3) is 0.467. The van der Waals surface area contributed by atoms with Crippen LogP contribution >= 0.6 is 0 Å². The highest BCUT2D eigenvalue weighted by Crippen LogP contribution is 2.15. The molecule has 0 aliphatic heterocycles. The fourth-order valence-electron chi connectivity index (χ4n) is 2.34. The Morgan fingerprint density at radius 2 is 1.54 bits per heavy atom. The number of halogens is 2. The van der Waals surface area contributed by atoms with Gasteiger partial charge in [-0.05, 0) is 0 Å². The number of fused-ring (bicyclic) bond motifs is 1. The predicted octanol–water partition coefficient (Wildman–Crippen LogP) is -2.46. The molecule has 1 heterocycles. The molecule has 0 bridgehead atoms. The molecule has 0 radical (unpaired) electrons. The van der Waals surface area contributed by atoms with E-state index >= 15 is 0 Å². The van der Waals surface area contributed by atoms with Gasteiger partial charge in [0.15, 0.2) is 11.6 Å². The molecule has 2 rings (SSSR count). The van der Waals surface area contributed by atoms with Crippen LogP contribution in [0.1, 0.15) is 5.69 Å². The van der Waals surface area contributed by atoms with Crippen molar-refractivity contribution in [3.05, 3.63) is 39.8 Å². The number of hydrogen-bond donors (Lipinski definition) is 7. The van der Waals surface area contributed by atoms with Crippen molar-refractivity contribution in [1.29, 1.82) is 0 Å². The minimum absolute atomic E-state index is 0.0748. The van der Waals surface area contributed by atoms with Crippen molar-refractivity contribution in [2.75, 3.05) is 6.61 Å². The van der Waals surface area contributed by atoms with Crippen molar-refractivity contribution >= 4 is 11.0 Å². The minimum atomic E-state index is -2.03. The van der Waals surface area contributed by atoms with E-state index < -0.39 is 60.7 Å². The molecule has 0 saturated heterocycles. The van der Waals surface area contributed by atoms with Crippen LogP contribution in [-0.2, 0) is 6.42 Å². The third-order valence-corrected chi connectivity index (χ3v) is 3.88. The van der Waals surface area contributed by atoms with Crippen molar-refractivity contribution in [3.63, 3.8) is 0 Å². The Bertz CT molecular complexity index is 831. The van der Waals surface area contributed by atoms with Gasteiger partial charge in [0.25, 0.3) is 5.56 Å². The molecular weight excluding hydrogens is 358 g/mol. The molecule has 0 fully saturated rings. The van der Waals surface area contributed by atoms with Gasteiger partial charge in [-0.25, -0.2) is 13.8 Å². The summed E-state index contributed by atoms with van der Waals surface area (Å²) in [5, 5.41) is 57.0. The van der Waals surface area contributed by atoms with Crippen molar-refractivity contribution in [1.82, 2.24) is 9.97 Å². The summed E-state index contributed by atoms with van der Waals surface area (Å²) in [5.74, 6) is -2.38. The van der Waals surface area contributed by atoms with E-state index in [-0.39, 0.29) is 16.7 Å². The van der Waals surface area contributed by atoms with Crippen molar-refractivity contribution in [3.8, 4) is 0 Å². The summed E-state index contributed by atoms with van der Waals surface area (Å²) in [5.41, 5.74) is -1.34. The van der Waals surface area contributed by atoms with E-state index in [4.69, 9.17) is 5.11 Å². The number of nitrogens with zero attached hydrogens (tertiary/aromatic N) is 1. The number of aromatic amines is 1. The largest absolute Gasteiger partial charge is 0.394 e. The molecule has 0 saturated carbocycles. The van der Waals surface area contributed by atoms with Crippen molar-refractivity contribution in [2.45, 2.75) is 36.9 Å². The zero-order valence-electron chi connectivity index (χ0n) is 13.3. The fourth-order valence-corrected chi connectivity index (χ4v) is 2.34. The molecule has 9 nitrogen and oxygen atoms in total. The number of rotatable bonds is 7. The quantitative estimate of drug-likeness (QED) is 0.279. The average Bonchev–Trinajstić information content (AvgIpc) is 2.61. The first-order chi connectivity index (χ1) is 12.1. The average molecular weight is 376 g/mol. The molecule has 3 unspecified atom stereocenters. The SMILES string of the molecule is O=c1[nH]c2cc(F)c(F)cc2nc1C[C@@H](O)C(O)C(O)C(O)[C@H](O)CO. The predicted molar refractivity (Wildman–Crippen MR) is 83.1 cm³/mol. The third kappa shape index (κ3) is 4.20. The maximum Gasteiger partial charge on any atom is 0.270 e. The van der Waals surface area contributed by atoms with Crippen LogP contribution < -0.4 is 5.56 Å². The van der Waals surface area contributed by atoms with Crippen molar-refractivity contribution < 1.29 is 39.4 Å². The Morgan fingerprint density at radius 1 is 0.962 bits per heavy atom. The molecule has 5 atom stereocenters. The first-order valence-electron chi connectivity index (χ1n) is 7.54. The lowest BCUT2D eigenvalue weighted by Gasteiger charge is -2.28. The van der Waals surface area contributed by atoms with Gasteiger partial charge in [-0.15, -0.1) is 0 Å². The number of hydrogen-bond acceptors (Lipinski definition) is 8. The maximum absolute atomic E-state index is 13.3. The minimum Gasteiger partial charge on any atom is -0.394 e. The summed E-state index contributed by atoms with van der Waals surface area (Å²) >= 11 is 0. The van der Waals surface area contributed by atoms with E-state index in [2.05, 4.69) is 9.97 Å². The number of benzene rings is 1. The zero-order chi connectivity index (χ0) is 19.6. The van der Waals surface area contributed by atoms with E-state index in [1.807, 2.05) is 0 Å². The standard InChI is InChI=1S/C15H18F2N2O7/c16-5-1-7-8(2-6(5)17)19-15(26)9(18-7)3-10(21)12(23)14(25)13(24)11(22)4-20/h1-2,10-14,20-25H,3-4H2,(H,19,26)/t10-,11-,12?,13?,14?/m1/s1. The molecule has 1 aromatic heterocycles. The van der Waals surface area contributed by atoms with Gasteiger partial charge >= 0.3 is 0 Å². The molecule has 11 heteroatoms. The lowest BCUT2D eigenvalue weighted by atomic mass is 9.97.